The van der Waals surface area contributed by atoms with E-state index in [9.17, 15) is 9.18 Å². The van der Waals surface area contributed by atoms with Gasteiger partial charge in [-0.3, -0.25) is 0 Å². The Morgan fingerprint density at radius 1 is 1.04 bits per heavy atom. The molecule has 0 unspecified atom stereocenters. The lowest BCUT2D eigenvalue weighted by molar-refractivity contribution is 0.0734. The largest absolute Gasteiger partial charge is 0.423 e. The van der Waals surface area contributed by atoms with E-state index in [1.807, 2.05) is 30.3 Å². The molecule has 3 nitrogen and oxygen atoms in total. The Morgan fingerprint density at radius 2 is 1.68 bits per heavy atom. The number of aryl methyl sites for hydroxylation is 1. The van der Waals surface area contributed by atoms with Crippen LogP contribution in [0.1, 0.15) is 27.9 Å². The van der Waals surface area contributed by atoms with Gasteiger partial charge in [-0.2, -0.15) is 5.26 Å². The van der Waals surface area contributed by atoms with Gasteiger partial charge in [0, 0.05) is 6.07 Å². The molecule has 0 amide bonds. The highest BCUT2D eigenvalue weighted by molar-refractivity contribution is 5.91. The van der Waals surface area contributed by atoms with E-state index in [-0.39, 0.29) is 11.3 Å². The summed E-state index contributed by atoms with van der Waals surface area (Å²) >= 11 is 0. The van der Waals surface area contributed by atoms with Crippen molar-refractivity contribution < 1.29 is 13.9 Å². The van der Waals surface area contributed by atoms with Crippen LogP contribution in [-0.2, 0) is 6.42 Å². The van der Waals surface area contributed by atoms with Crippen LogP contribution in [0.15, 0.2) is 79.4 Å². The lowest BCUT2D eigenvalue weighted by atomic mass is 10.0. The molecule has 3 aromatic rings. The number of nitriles is 1. The first-order valence-electron chi connectivity index (χ1n) is 8.83. The molecule has 0 N–H and O–H groups in total. The van der Waals surface area contributed by atoms with Crippen molar-refractivity contribution in [3.05, 3.63) is 102 Å². The zero-order valence-electron chi connectivity index (χ0n) is 15.2. The maximum absolute atomic E-state index is 13.6. The Morgan fingerprint density at radius 3 is 2.25 bits per heavy atom. The summed E-state index contributed by atoms with van der Waals surface area (Å²) in [4.78, 5) is 12.3. The summed E-state index contributed by atoms with van der Waals surface area (Å²) in [6.45, 7) is 3.73. The molecular weight excluding hydrogens is 353 g/mol. The second-order valence-electron chi connectivity index (χ2n) is 6.24. The first kappa shape index (κ1) is 19.1. The Bertz CT molecular complexity index is 1030. The number of nitrogens with zero attached hydrogens (tertiary/aromatic N) is 1. The SMILES string of the molecule is C=CCCc1ccc(-c2ccc(C(=O)Oc3ccc(C#N)c(F)c3)cc2)cc1. The van der Waals surface area contributed by atoms with Crippen molar-refractivity contribution in [1.82, 2.24) is 0 Å². The van der Waals surface area contributed by atoms with E-state index in [0.717, 1.165) is 30.0 Å². The highest BCUT2D eigenvalue weighted by Crippen LogP contribution is 2.22. The molecule has 0 bridgehead atoms. The summed E-state index contributed by atoms with van der Waals surface area (Å²) in [6.07, 6.45) is 3.81. The van der Waals surface area contributed by atoms with Crippen LogP contribution < -0.4 is 4.74 Å². The minimum Gasteiger partial charge on any atom is -0.423 e. The highest BCUT2D eigenvalue weighted by atomic mass is 19.1. The molecule has 4 heteroatoms. The third kappa shape index (κ3) is 4.52. The monoisotopic (exact) mass is 371 g/mol. The summed E-state index contributed by atoms with van der Waals surface area (Å²) in [5.74, 6) is -1.25. The molecule has 3 rings (SSSR count). The minimum absolute atomic E-state index is 0.0562. The molecule has 0 heterocycles. The Kier molecular flexibility index (Phi) is 5.98. The molecule has 0 aliphatic carbocycles. The Labute approximate surface area is 163 Å². The normalized spacial score (nSPS) is 10.1. The van der Waals surface area contributed by atoms with Crippen molar-refractivity contribution in [3.8, 4) is 22.9 Å². The number of benzene rings is 3. The van der Waals surface area contributed by atoms with Crippen LogP contribution in [0.5, 0.6) is 5.75 Å². The molecule has 138 valence electrons. The van der Waals surface area contributed by atoms with Crippen LogP contribution in [0.25, 0.3) is 11.1 Å². The number of halogens is 1. The molecule has 0 atom stereocenters. The highest BCUT2D eigenvalue weighted by Gasteiger charge is 2.11. The number of allylic oxidation sites excluding steroid dienone is 1. The van der Waals surface area contributed by atoms with Crippen LogP contribution in [0.3, 0.4) is 0 Å². The fraction of sp³-hybridized carbons (Fsp3) is 0.0833. The molecule has 3 aromatic carbocycles. The first-order chi connectivity index (χ1) is 13.6. The van der Waals surface area contributed by atoms with Crippen LogP contribution in [0, 0.1) is 17.1 Å². The fourth-order valence-electron chi connectivity index (χ4n) is 2.75. The average molecular weight is 371 g/mol. The first-order valence-corrected chi connectivity index (χ1v) is 8.83. The van der Waals surface area contributed by atoms with Gasteiger partial charge in [0.1, 0.15) is 17.6 Å². The number of rotatable bonds is 6. The number of esters is 1. The van der Waals surface area contributed by atoms with Gasteiger partial charge in [-0.25, -0.2) is 9.18 Å². The summed E-state index contributed by atoms with van der Waals surface area (Å²) in [7, 11) is 0. The molecule has 0 saturated heterocycles. The molecule has 0 aliphatic rings. The second kappa shape index (κ2) is 8.79. The molecular formula is C24H18FNO2. The van der Waals surface area contributed by atoms with Crippen LogP contribution >= 0.6 is 0 Å². The third-order valence-electron chi connectivity index (χ3n) is 4.32. The standard InChI is InChI=1S/C24H18FNO2/c1-2-3-4-17-5-7-18(8-6-17)19-9-11-20(12-10-19)24(27)28-22-14-13-21(16-26)23(25)15-22/h2,5-15H,1,3-4H2. The molecule has 0 radical (unpaired) electrons. The molecule has 0 spiro atoms. The molecule has 28 heavy (non-hydrogen) atoms. The predicted molar refractivity (Wildman–Crippen MR) is 106 cm³/mol. The van der Waals surface area contributed by atoms with Crippen molar-refractivity contribution in [1.29, 1.82) is 5.26 Å². The average Bonchev–Trinajstić information content (AvgIpc) is 2.73. The van der Waals surface area contributed by atoms with Crippen molar-refractivity contribution in [2.24, 2.45) is 0 Å². The summed E-state index contributed by atoms with van der Waals surface area (Å²) in [6, 6.07) is 20.7. The van der Waals surface area contributed by atoms with E-state index in [1.54, 1.807) is 18.2 Å². The lowest BCUT2D eigenvalue weighted by Crippen LogP contribution is -2.08. The summed E-state index contributed by atoms with van der Waals surface area (Å²) < 4.78 is 18.8. The quantitative estimate of drug-likeness (QED) is 0.317. The van der Waals surface area contributed by atoms with Gasteiger partial charge >= 0.3 is 5.97 Å². The number of ether oxygens (including phenoxy) is 1. The van der Waals surface area contributed by atoms with Crippen molar-refractivity contribution in [2.75, 3.05) is 0 Å². The van der Waals surface area contributed by atoms with Gasteiger partial charge in [0.15, 0.2) is 0 Å². The Balaban J connectivity index is 1.69. The summed E-state index contributed by atoms with van der Waals surface area (Å²) in [5, 5.41) is 8.74. The van der Waals surface area contributed by atoms with Crippen molar-refractivity contribution in [2.45, 2.75) is 12.8 Å². The van der Waals surface area contributed by atoms with Crippen molar-refractivity contribution >= 4 is 5.97 Å². The zero-order valence-corrected chi connectivity index (χ0v) is 15.2. The predicted octanol–water partition coefficient (Wildman–Crippen LogP) is 5.70. The van der Waals surface area contributed by atoms with E-state index < -0.39 is 11.8 Å². The minimum atomic E-state index is -0.723. The van der Waals surface area contributed by atoms with Crippen LogP contribution in [0.2, 0.25) is 0 Å². The number of carbonyl (C=O) groups excluding carboxylic acids is 1. The van der Waals surface area contributed by atoms with E-state index in [2.05, 4.69) is 18.7 Å². The smallest absolute Gasteiger partial charge is 0.343 e. The topological polar surface area (TPSA) is 50.1 Å². The third-order valence-corrected chi connectivity index (χ3v) is 4.32. The fourth-order valence-corrected chi connectivity index (χ4v) is 2.75. The zero-order chi connectivity index (χ0) is 19.9. The van der Waals surface area contributed by atoms with E-state index >= 15 is 0 Å². The molecule has 0 fully saturated rings. The van der Waals surface area contributed by atoms with E-state index in [1.165, 1.54) is 17.7 Å². The second-order valence-corrected chi connectivity index (χ2v) is 6.24. The van der Waals surface area contributed by atoms with Gasteiger partial charge in [-0.05, 0) is 53.8 Å². The molecule has 0 aliphatic heterocycles. The lowest BCUT2D eigenvalue weighted by Gasteiger charge is -2.07. The maximum atomic E-state index is 13.6. The van der Waals surface area contributed by atoms with Crippen LogP contribution in [0.4, 0.5) is 4.39 Å². The molecule has 0 saturated carbocycles. The number of carbonyl (C=O) groups is 1. The van der Waals surface area contributed by atoms with E-state index in [4.69, 9.17) is 10.00 Å². The van der Waals surface area contributed by atoms with Gasteiger partial charge in [-0.15, -0.1) is 6.58 Å². The van der Waals surface area contributed by atoms with E-state index in [0.29, 0.717) is 5.56 Å². The number of hydrogen-bond donors (Lipinski definition) is 0. The molecule has 0 aromatic heterocycles. The number of hydrogen-bond acceptors (Lipinski definition) is 3. The van der Waals surface area contributed by atoms with Gasteiger partial charge < -0.3 is 4.74 Å². The van der Waals surface area contributed by atoms with Gasteiger partial charge in [0.25, 0.3) is 0 Å². The van der Waals surface area contributed by atoms with Crippen LogP contribution in [-0.4, -0.2) is 5.97 Å². The maximum Gasteiger partial charge on any atom is 0.343 e. The summed E-state index contributed by atoms with van der Waals surface area (Å²) in [5.41, 5.74) is 3.54. The van der Waals surface area contributed by atoms with Gasteiger partial charge in [0.2, 0.25) is 0 Å². The van der Waals surface area contributed by atoms with Gasteiger partial charge in [-0.1, -0.05) is 42.5 Å². The Hall–Kier alpha value is -3.71. The van der Waals surface area contributed by atoms with Gasteiger partial charge in [0.05, 0.1) is 11.1 Å². The van der Waals surface area contributed by atoms with Crippen molar-refractivity contribution in [3.63, 3.8) is 0 Å².